The largest absolute Gasteiger partial charge is 0.481 e. The Morgan fingerprint density at radius 2 is 1.02 bits per heavy atom. The van der Waals surface area contributed by atoms with Gasteiger partial charge in [-0.2, -0.15) is 0 Å². The predicted molar refractivity (Wildman–Crippen MR) is 140 cm³/mol. The minimum atomic E-state index is -1.82. The highest BCUT2D eigenvalue weighted by molar-refractivity contribution is 5.97. The number of aldehydes is 1. The maximum atomic E-state index is 13.1. The van der Waals surface area contributed by atoms with Crippen LogP contribution in [0.5, 0.6) is 0 Å². The summed E-state index contributed by atoms with van der Waals surface area (Å²) in [5.41, 5.74) is 0. The van der Waals surface area contributed by atoms with Crippen LogP contribution < -0.4 is 26.6 Å². The van der Waals surface area contributed by atoms with Crippen molar-refractivity contribution in [2.45, 2.75) is 83.1 Å². The summed E-state index contributed by atoms with van der Waals surface area (Å²) in [6.07, 6.45) is -3.79. The van der Waals surface area contributed by atoms with E-state index in [2.05, 4.69) is 21.3 Å². The van der Waals surface area contributed by atoms with Gasteiger partial charge in [-0.05, 0) is 12.3 Å². The Labute approximate surface area is 244 Å². The van der Waals surface area contributed by atoms with Gasteiger partial charge in [-0.3, -0.25) is 43.2 Å². The van der Waals surface area contributed by atoms with E-state index in [1.807, 2.05) is 5.32 Å². The van der Waals surface area contributed by atoms with Gasteiger partial charge in [-0.15, -0.1) is 0 Å². The Kier molecular flexibility index (Phi) is 16.2. The lowest BCUT2D eigenvalue weighted by Crippen LogP contribution is -2.60. The maximum Gasteiger partial charge on any atom is 0.305 e. The summed E-state index contributed by atoms with van der Waals surface area (Å²) >= 11 is 0. The average molecular weight is 618 g/mol. The minimum absolute atomic E-state index is 0.0985. The van der Waals surface area contributed by atoms with Crippen molar-refractivity contribution >= 4 is 59.7 Å². The molecule has 0 heterocycles. The molecule has 0 radical (unpaired) electrons. The van der Waals surface area contributed by atoms with Crippen LogP contribution in [0.3, 0.4) is 0 Å². The molecule has 9 N–H and O–H groups in total. The number of hydrogen-bond donors (Lipinski definition) is 9. The quantitative estimate of drug-likeness (QED) is 0.0601. The van der Waals surface area contributed by atoms with Crippen molar-refractivity contribution in [3.8, 4) is 0 Å². The van der Waals surface area contributed by atoms with Crippen molar-refractivity contribution in [1.29, 1.82) is 0 Å². The van der Waals surface area contributed by atoms with Crippen molar-refractivity contribution in [2.75, 3.05) is 0 Å². The Morgan fingerprint density at radius 1 is 0.581 bits per heavy atom. The molecule has 0 unspecified atom stereocenters. The third-order valence-corrected chi connectivity index (χ3v) is 5.50. The van der Waals surface area contributed by atoms with Gasteiger partial charge in [0.25, 0.3) is 0 Å². The Hall–Kier alpha value is -5.10. The fraction of sp³-hybridized carbons (Fsp3) is 0.583. The number of nitrogens with one attached hydrogen (secondary N) is 5. The van der Waals surface area contributed by atoms with Crippen molar-refractivity contribution in [3.05, 3.63) is 0 Å². The van der Waals surface area contributed by atoms with Gasteiger partial charge in [-0.25, -0.2) is 0 Å². The summed E-state index contributed by atoms with van der Waals surface area (Å²) in [5.74, 6) is -11.9. The van der Waals surface area contributed by atoms with Crippen LogP contribution in [0, 0.1) is 5.92 Å². The van der Waals surface area contributed by atoms with Gasteiger partial charge in [0.2, 0.25) is 29.5 Å². The van der Waals surface area contributed by atoms with Crippen LogP contribution in [0.1, 0.15) is 52.9 Å². The molecule has 0 aromatic rings. The average Bonchev–Trinajstić information content (AvgIpc) is 2.86. The molecule has 0 fully saturated rings. The molecule has 5 amide bonds. The number of hydrogen-bond acceptors (Lipinski definition) is 10. The molecule has 5 atom stereocenters. The first-order valence-electron chi connectivity index (χ1n) is 12.7. The van der Waals surface area contributed by atoms with Crippen LogP contribution in [-0.2, 0) is 47.9 Å². The Bertz CT molecular complexity index is 1090. The third-order valence-electron chi connectivity index (χ3n) is 5.50. The van der Waals surface area contributed by atoms with Crippen LogP contribution in [-0.4, -0.2) is 110 Å². The molecule has 0 spiro atoms. The maximum absolute atomic E-state index is 13.1. The molecule has 0 aliphatic carbocycles. The van der Waals surface area contributed by atoms with Crippen molar-refractivity contribution < 1.29 is 68.4 Å². The number of carbonyl (C=O) groups is 10. The predicted octanol–water partition coefficient (Wildman–Crippen LogP) is -3.43. The highest BCUT2D eigenvalue weighted by Gasteiger charge is 2.34. The molecular formula is C24H35N5O14. The minimum Gasteiger partial charge on any atom is -0.481 e. The summed E-state index contributed by atoms with van der Waals surface area (Å²) in [4.78, 5) is 118. The molecule has 0 saturated heterocycles. The van der Waals surface area contributed by atoms with E-state index in [-0.39, 0.29) is 6.29 Å². The van der Waals surface area contributed by atoms with Gasteiger partial charge in [0.05, 0.1) is 25.3 Å². The number of carboxylic acid groups (broad SMARTS) is 4. The Morgan fingerprint density at radius 3 is 1.44 bits per heavy atom. The second-order valence-corrected chi connectivity index (χ2v) is 9.58. The number of amides is 5. The van der Waals surface area contributed by atoms with E-state index in [9.17, 15) is 53.1 Å². The van der Waals surface area contributed by atoms with Crippen molar-refractivity contribution in [1.82, 2.24) is 26.6 Å². The van der Waals surface area contributed by atoms with E-state index in [0.29, 0.717) is 0 Å². The summed E-state index contributed by atoms with van der Waals surface area (Å²) in [5, 5.41) is 46.7. The fourth-order valence-corrected chi connectivity index (χ4v) is 3.48. The van der Waals surface area contributed by atoms with Crippen LogP contribution in [0.25, 0.3) is 0 Å². The van der Waals surface area contributed by atoms with Gasteiger partial charge < -0.3 is 51.8 Å². The summed E-state index contributed by atoms with van der Waals surface area (Å²) in [7, 11) is 0. The van der Waals surface area contributed by atoms with Crippen LogP contribution in [0.2, 0.25) is 0 Å². The normalized spacial score (nSPS) is 14.0. The topological polar surface area (TPSA) is 312 Å². The van der Waals surface area contributed by atoms with Crippen LogP contribution >= 0.6 is 0 Å². The monoisotopic (exact) mass is 617 g/mol. The SMILES string of the molecule is CC(=O)N[C@@H](CC(=O)O)C(=O)N[C@@H](CCC(=O)O)C(=O)N[C@H](C(=O)N[C@@H](CC(=O)O)C(=O)N[C@H](C=O)CC(=O)O)C(C)C. The van der Waals surface area contributed by atoms with E-state index >= 15 is 0 Å². The lowest BCUT2D eigenvalue weighted by molar-refractivity contribution is -0.143. The lowest BCUT2D eigenvalue weighted by Gasteiger charge is -2.27. The number of carbonyl (C=O) groups excluding carboxylic acids is 6. The highest BCUT2D eigenvalue weighted by Crippen LogP contribution is 2.08. The van der Waals surface area contributed by atoms with Gasteiger partial charge >= 0.3 is 23.9 Å². The van der Waals surface area contributed by atoms with Gasteiger partial charge in [-0.1, -0.05) is 13.8 Å². The molecule has 0 bridgehead atoms. The first-order valence-corrected chi connectivity index (χ1v) is 12.7. The second kappa shape index (κ2) is 18.4. The van der Waals surface area contributed by atoms with E-state index in [1.165, 1.54) is 13.8 Å². The standard InChI is InChI=1S/C24H35N5O14/c1-10(2)20(24(43)28-15(8-19(38)39)22(41)26-12(9-30)6-17(34)35)29-21(40)13(4-5-16(32)33)27-23(42)14(7-18(36)37)25-11(3)31/h9-10,12-15,20H,4-8H2,1-3H3,(H,25,31)(H,26,41)(H,27,42)(H,28,43)(H,29,40)(H,32,33)(H,34,35)(H,36,37)(H,38,39)/t12-,13-,14-,15-,20-/m0/s1. The van der Waals surface area contributed by atoms with E-state index in [0.717, 1.165) is 6.92 Å². The van der Waals surface area contributed by atoms with Crippen molar-refractivity contribution in [2.24, 2.45) is 5.92 Å². The van der Waals surface area contributed by atoms with E-state index < -0.39 is 122 Å². The molecule has 0 aromatic carbocycles. The summed E-state index contributed by atoms with van der Waals surface area (Å²) < 4.78 is 0. The van der Waals surface area contributed by atoms with Crippen LogP contribution in [0.15, 0.2) is 0 Å². The molecule has 0 aromatic heterocycles. The third kappa shape index (κ3) is 15.5. The number of carboxylic acids is 4. The van der Waals surface area contributed by atoms with Crippen molar-refractivity contribution in [3.63, 3.8) is 0 Å². The molecule has 43 heavy (non-hydrogen) atoms. The van der Waals surface area contributed by atoms with Gasteiger partial charge in [0, 0.05) is 13.3 Å². The second-order valence-electron chi connectivity index (χ2n) is 9.58. The summed E-state index contributed by atoms with van der Waals surface area (Å²) in [6.45, 7) is 3.89. The zero-order valence-electron chi connectivity index (χ0n) is 23.4. The number of rotatable bonds is 20. The molecule has 240 valence electrons. The molecule has 19 heteroatoms. The van der Waals surface area contributed by atoms with Crippen LogP contribution in [0.4, 0.5) is 0 Å². The van der Waals surface area contributed by atoms with E-state index in [1.54, 1.807) is 0 Å². The van der Waals surface area contributed by atoms with Gasteiger partial charge in [0.15, 0.2) is 0 Å². The fourth-order valence-electron chi connectivity index (χ4n) is 3.48. The molecule has 0 aliphatic heterocycles. The Balaban J connectivity index is 5.97. The molecule has 0 rings (SSSR count). The summed E-state index contributed by atoms with van der Waals surface area (Å²) in [6, 6.07) is -8.15. The number of aliphatic carboxylic acids is 4. The molecule has 19 nitrogen and oxygen atoms in total. The molecular weight excluding hydrogens is 582 g/mol. The lowest BCUT2D eigenvalue weighted by atomic mass is 10.0. The smallest absolute Gasteiger partial charge is 0.305 e. The van der Waals surface area contributed by atoms with Gasteiger partial charge in [0.1, 0.15) is 30.5 Å². The first kappa shape index (κ1) is 37.9. The zero-order valence-corrected chi connectivity index (χ0v) is 23.4. The van der Waals surface area contributed by atoms with E-state index in [4.69, 9.17) is 15.3 Å². The molecule has 0 aliphatic rings. The molecule has 0 saturated carbocycles. The first-order chi connectivity index (χ1) is 19.9. The highest BCUT2D eigenvalue weighted by atomic mass is 16.4. The zero-order chi connectivity index (χ0) is 33.4.